The van der Waals surface area contributed by atoms with Gasteiger partial charge in [-0.05, 0) is 48.2 Å². The maximum absolute atomic E-state index is 10.3. The van der Waals surface area contributed by atoms with Crippen LogP contribution in [0.3, 0.4) is 0 Å². The summed E-state index contributed by atoms with van der Waals surface area (Å²) in [7, 11) is 4.00. The minimum Gasteiger partial charge on any atom is -0.504 e. The molecule has 0 bridgehead atoms. The summed E-state index contributed by atoms with van der Waals surface area (Å²) in [4.78, 5) is 0. The van der Waals surface area contributed by atoms with Crippen molar-refractivity contribution < 1.29 is 34.6 Å². The van der Waals surface area contributed by atoms with Crippen LogP contribution in [-0.2, 0) is 6.42 Å². The summed E-state index contributed by atoms with van der Waals surface area (Å²) < 4.78 is 16.1. The molecule has 1 atom stereocenters. The molecule has 2 aromatic carbocycles. The number of rotatable bonds is 9. The van der Waals surface area contributed by atoms with Gasteiger partial charge in [0.1, 0.15) is 12.7 Å². The number of aromatic hydroxyl groups is 1. The Hall–Kier alpha value is -2.48. The van der Waals surface area contributed by atoms with E-state index in [2.05, 4.69) is 0 Å². The number of hydrogen-bond acceptors (Lipinski definition) is 7. The molecule has 7 nitrogen and oxygen atoms in total. The first-order valence-electron chi connectivity index (χ1n) is 8.49. The number of aliphatic hydroxyl groups is 3. The fraction of sp³-hybridized carbons (Fsp3) is 0.400. The van der Waals surface area contributed by atoms with Crippen LogP contribution in [0.2, 0.25) is 0 Å². The Morgan fingerprint density at radius 2 is 1.63 bits per heavy atom. The van der Waals surface area contributed by atoms with Gasteiger partial charge in [-0.15, -0.1) is 0 Å². The second-order valence-electron chi connectivity index (χ2n) is 5.57. The zero-order valence-corrected chi connectivity index (χ0v) is 15.9. The fourth-order valence-electron chi connectivity index (χ4n) is 2.44. The summed E-state index contributed by atoms with van der Waals surface area (Å²) in [6, 6.07) is 10.2. The monoisotopic (exact) mass is 380 g/mol. The standard InChI is InChI=1S/C19H24O6.CH4O/c1-23-18-11-14(6-7-15(18)21)16(22)12-25-17-8-5-13(4-3-9-20)10-19(17)24-2;1-2/h5-8,10-11,16,20-22H,3-4,9,12H2,1-2H3;2H,1H3. The number of aryl methyl sites for hydroxylation is 1. The van der Waals surface area contributed by atoms with E-state index in [9.17, 15) is 10.2 Å². The summed E-state index contributed by atoms with van der Waals surface area (Å²) in [5.74, 6) is 1.41. The highest BCUT2D eigenvalue weighted by Crippen LogP contribution is 2.31. The maximum Gasteiger partial charge on any atom is 0.161 e. The molecule has 0 fully saturated rings. The predicted molar refractivity (Wildman–Crippen MR) is 102 cm³/mol. The van der Waals surface area contributed by atoms with Crippen molar-refractivity contribution in [3.8, 4) is 23.0 Å². The Balaban J connectivity index is 0.00000176. The normalized spacial score (nSPS) is 11.2. The van der Waals surface area contributed by atoms with Crippen LogP contribution < -0.4 is 14.2 Å². The third-order valence-corrected chi connectivity index (χ3v) is 3.84. The molecule has 4 N–H and O–H groups in total. The molecule has 0 amide bonds. The quantitative estimate of drug-likeness (QED) is 0.527. The number of ether oxygens (including phenoxy) is 3. The smallest absolute Gasteiger partial charge is 0.161 e. The molecule has 150 valence electrons. The summed E-state index contributed by atoms with van der Waals surface area (Å²) in [5.41, 5.74) is 1.62. The molecular formula is C20H28O7. The summed E-state index contributed by atoms with van der Waals surface area (Å²) in [5, 5.41) is 35.8. The third kappa shape index (κ3) is 6.63. The Labute approximate surface area is 159 Å². The van der Waals surface area contributed by atoms with E-state index in [4.69, 9.17) is 24.4 Å². The van der Waals surface area contributed by atoms with E-state index >= 15 is 0 Å². The van der Waals surface area contributed by atoms with Gasteiger partial charge in [-0.3, -0.25) is 0 Å². The van der Waals surface area contributed by atoms with Crippen LogP contribution in [0.15, 0.2) is 36.4 Å². The van der Waals surface area contributed by atoms with Gasteiger partial charge in [-0.25, -0.2) is 0 Å². The van der Waals surface area contributed by atoms with Gasteiger partial charge in [-0.1, -0.05) is 12.1 Å². The summed E-state index contributed by atoms with van der Waals surface area (Å²) in [6.07, 6.45) is 0.557. The topological polar surface area (TPSA) is 109 Å². The fourth-order valence-corrected chi connectivity index (χ4v) is 2.44. The summed E-state index contributed by atoms with van der Waals surface area (Å²) in [6.45, 7) is 0.170. The van der Waals surface area contributed by atoms with Crippen LogP contribution in [0.25, 0.3) is 0 Å². The maximum atomic E-state index is 10.3. The molecule has 1 unspecified atom stereocenters. The minimum absolute atomic E-state index is 0.0134. The van der Waals surface area contributed by atoms with Gasteiger partial charge in [0.05, 0.1) is 14.2 Å². The van der Waals surface area contributed by atoms with Crippen molar-refractivity contribution in [2.24, 2.45) is 0 Å². The molecule has 0 aliphatic heterocycles. The molecule has 0 spiro atoms. The number of methoxy groups -OCH3 is 2. The molecule has 2 rings (SSSR count). The van der Waals surface area contributed by atoms with E-state index in [1.54, 1.807) is 25.3 Å². The van der Waals surface area contributed by atoms with E-state index in [1.807, 2.05) is 12.1 Å². The van der Waals surface area contributed by atoms with Crippen molar-refractivity contribution in [1.82, 2.24) is 0 Å². The zero-order chi connectivity index (χ0) is 20.2. The second kappa shape index (κ2) is 12.0. The van der Waals surface area contributed by atoms with E-state index < -0.39 is 6.10 Å². The summed E-state index contributed by atoms with van der Waals surface area (Å²) >= 11 is 0. The molecule has 0 aliphatic rings. The largest absolute Gasteiger partial charge is 0.504 e. The molecule has 0 radical (unpaired) electrons. The number of benzene rings is 2. The second-order valence-corrected chi connectivity index (χ2v) is 5.57. The van der Waals surface area contributed by atoms with Crippen LogP contribution in [-0.4, -0.2) is 55.0 Å². The van der Waals surface area contributed by atoms with Gasteiger partial charge in [0.15, 0.2) is 23.0 Å². The highest BCUT2D eigenvalue weighted by molar-refractivity contribution is 5.44. The van der Waals surface area contributed by atoms with Crippen LogP contribution >= 0.6 is 0 Å². The Morgan fingerprint density at radius 3 is 2.26 bits per heavy atom. The minimum atomic E-state index is -0.881. The lowest BCUT2D eigenvalue weighted by atomic mass is 10.1. The van der Waals surface area contributed by atoms with Crippen molar-refractivity contribution in [2.75, 3.05) is 34.5 Å². The first-order chi connectivity index (χ1) is 13.1. The molecule has 2 aromatic rings. The lowest BCUT2D eigenvalue weighted by molar-refractivity contribution is 0.106. The number of aliphatic hydroxyl groups excluding tert-OH is 3. The lowest BCUT2D eigenvalue weighted by Crippen LogP contribution is -2.10. The molecule has 27 heavy (non-hydrogen) atoms. The van der Waals surface area contributed by atoms with E-state index in [0.29, 0.717) is 29.2 Å². The molecule has 0 saturated heterocycles. The highest BCUT2D eigenvalue weighted by atomic mass is 16.5. The molecule has 0 heterocycles. The van der Waals surface area contributed by atoms with Gasteiger partial charge < -0.3 is 34.6 Å². The average molecular weight is 380 g/mol. The van der Waals surface area contributed by atoms with Gasteiger partial charge in [0.2, 0.25) is 0 Å². The van der Waals surface area contributed by atoms with Gasteiger partial charge in [0.25, 0.3) is 0 Å². The van der Waals surface area contributed by atoms with Crippen LogP contribution in [0.5, 0.6) is 23.0 Å². The number of hydrogen-bond donors (Lipinski definition) is 4. The average Bonchev–Trinajstić information content (AvgIpc) is 2.72. The Kier molecular flexibility index (Phi) is 10.0. The SMILES string of the molecule is CO.COc1cc(C(O)COc2ccc(CCCO)cc2OC)ccc1O. The van der Waals surface area contributed by atoms with Crippen molar-refractivity contribution in [2.45, 2.75) is 18.9 Å². The van der Waals surface area contributed by atoms with Gasteiger partial charge in [0, 0.05) is 13.7 Å². The molecule has 0 saturated carbocycles. The van der Waals surface area contributed by atoms with Crippen molar-refractivity contribution in [1.29, 1.82) is 0 Å². The first kappa shape index (κ1) is 22.6. The molecule has 0 aromatic heterocycles. The van der Waals surface area contributed by atoms with Crippen molar-refractivity contribution in [3.05, 3.63) is 47.5 Å². The van der Waals surface area contributed by atoms with Gasteiger partial charge in [-0.2, -0.15) is 0 Å². The number of phenols is 1. The number of phenolic OH excluding ortho intramolecular Hbond substituents is 1. The van der Waals surface area contributed by atoms with Crippen LogP contribution in [0.1, 0.15) is 23.7 Å². The van der Waals surface area contributed by atoms with Crippen LogP contribution in [0.4, 0.5) is 0 Å². The van der Waals surface area contributed by atoms with E-state index in [1.165, 1.54) is 13.2 Å². The van der Waals surface area contributed by atoms with Crippen LogP contribution in [0, 0.1) is 0 Å². The molecule has 0 aliphatic carbocycles. The molecule has 7 heteroatoms. The zero-order valence-electron chi connectivity index (χ0n) is 15.9. The van der Waals surface area contributed by atoms with E-state index in [0.717, 1.165) is 19.1 Å². The first-order valence-corrected chi connectivity index (χ1v) is 8.49. The van der Waals surface area contributed by atoms with Crippen molar-refractivity contribution >= 4 is 0 Å². The van der Waals surface area contributed by atoms with E-state index in [-0.39, 0.29) is 19.0 Å². The highest BCUT2D eigenvalue weighted by Gasteiger charge is 2.13. The van der Waals surface area contributed by atoms with Crippen molar-refractivity contribution in [3.63, 3.8) is 0 Å². The Bertz CT molecular complexity index is 688. The third-order valence-electron chi connectivity index (χ3n) is 3.84. The van der Waals surface area contributed by atoms with Gasteiger partial charge >= 0.3 is 0 Å². The molecular weight excluding hydrogens is 352 g/mol. The predicted octanol–water partition coefficient (Wildman–Crippen LogP) is 2.06. The Morgan fingerprint density at radius 1 is 0.926 bits per heavy atom. The lowest BCUT2D eigenvalue weighted by Gasteiger charge is -2.16.